The van der Waals surface area contributed by atoms with Gasteiger partial charge in [-0.1, -0.05) is 43.2 Å². The number of thioether (sulfide) groups is 1. The lowest BCUT2D eigenvalue weighted by Crippen LogP contribution is -2.34. The van der Waals surface area contributed by atoms with Crippen molar-refractivity contribution in [1.82, 2.24) is 5.32 Å². The van der Waals surface area contributed by atoms with Crippen LogP contribution in [0.2, 0.25) is 0 Å². The molecular formula is C15H22F3NS. The number of hydrogen-bond acceptors (Lipinski definition) is 2. The van der Waals surface area contributed by atoms with E-state index in [9.17, 15) is 13.2 Å². The fourth-order valence-electron chi connectivity index (χ4n) is 2.04. The highest BCUT2D eigenvalue weighted by atomic mass is 32.2. The van der Waals surface area contributed by atoms with Gasteiger partial charge in [0, 0.05) is 0 Å². The van der Waals surface area contributed by atoms with Crippen LogP contribution in [0.25, 0.3) is 0 Å². The van der Waals surface area contributed by atoms with Crippen LogP contribution in [0.15, 0.2) is 30.3 Å². The standard InChI is InChI=1S/C15H22F3NS/c1-20-12-8-3-2-7-11-19-14(15(16,17)18)13-9-5-4-6-10-13/h4-6,9-10,14,19H,2-3,7-8,11-12H2,1H3. The van der Waals surface area contributed by atoms with Gasteiger partial charge in [0.1, 0.15) is 6.04 Å². The lowest BCUT2D eigenvalue weighted by atomic mass is 10.1. The van der Waals surface area contributed by atoms with E-state index in [0.717, 1.165) is 31.4 Å². The second-order valence-corrected chi connectivity index (χ2v) is 5.73. The Kier molecular flexibility index (Phi) is 8.07. The molecule has 0 fully saturated rings. The molecule has 5 heteroatoms. The van der Waals surface area contributed by atoms with Crippen molar-refractivity contribution in [2.75, 3.05) is 18.6 Å². The van der Waals surface area contributed by atoms with Crippen LogP contribution in [-0.4, -0.2) is 24.7 Å². The second kappa shape index (κ2) is 9.29. The molecule has 1 aromatic rings. The predicted molar refractivity (Wildman–Crippen MR) is 80.1 cm³/mol. The van der Waals surface area contributed by atoms with E-state index < -0.39 is 12.2 Å². The molecule has 1 N–H and O–H groups in total. The van der Waals surface area contributed by atoms with Gasteiger partial charge in [-0.15, -0.1) is 0 Å². The Labute approximate surface area is 123 Å². The Morgan fingerprint density at radius 1 is 1.05 bits per heavy atom. The number of benzene rings is 1. The lowest BCUT2D eigenvalue weighted by molar-refractivity contribution is -0.157. The van der Waals surface area contributed by atoms with Gasteiger partial charge in [0.2, 0.25) is 0 Å². The molecule has 1 atom stereocenters. The summed E-state index contributed by atoms with van der Waals surface area (Å²) in [6.07, 6.45) is 1.81. The van der Waals surface area contributed by atoms with Gasteiger partial charge in [-0.3, -0.25) is 0 Å². The smallest absolute Gasteiger partial charge is 0.302 e. The first kappa shape index (κ1) is 17.4. The average molecular weight is 305 g/mol. The summed E-state index contributed by atoms with van der Waals surface area (Å²) in [5, 5.41) is 2.64. The molecule has 114 valence electrons. The number of nitrogens with one attached hydrogen (secondary N) is 1. The van der Waals surface area contributed by atoms with Crippen LogP contribution in [0.3, 0.4) is 0 Å². The first-order valence-electron chi connectivity index (χ1n) is 6.89. The van der Waals surface area contributed by atoms with Gasteiger partial charge in [-0.25, -0.2) is 0 Å². The quantitative estimate of drug-likeness (QED) is 0.658. The second-order valence-electron chi connectivity index (χ2n) is 4.75. The topological polar surface area (TPSA) is 12.0 Å². The van der Waals surface area contributed by atoms with E-state index in [4.69, 9.17) is 0 Å². The van der Waals surface area contributed by atoms with Gasteiger partial charge in [0.05, 0.1) is 0 Å². The highest BCUT2D eigenvalue weighted by Crippen LogP contribution is 2.32. The molecule has 0 aliphatic rings. The number of unbranched alkanes of at least 4 members (excludes halogenated alkanes) is 3. The molecule has 0 aliphatic carbocycles. The third-order valence-electron chi connectivity index (χ3n) is 3.08. The minimum Gasteiger partial charge on any atom is -0.302 e. The summed E-state index contributed by atoms with van der Waals surface area (Å²) in [5.74, 6) is 1.13. The summed E-state index contributed by atoms with van der Waals surface area (Å²) in [6.45, 7) is 0.401. The molecule has 1 unspecified atom stereocenters. The fraction of sp³-hybridized carbons (Fsp3) is 0.600. The van der Waals surface area contributed by atoms with Crippen LogP contribution >= 0.6 is 11.8 Å². The molecule has 0 saturated carbocycles. The molecule has 0 radical (unpaired) electrons. The number of alkyl halides is 3. The van der Waals surface area contributed by atoms with Crippen molar-refractivity contribution in [3.63, 3.8) is 0 Å². The van der Waals surface area contributed by atoms with Crippen LogP contribution in [0, 0.1) is 0 Å². The van der Waals surface area contributed by atoms with Crippen molar-refractivity contribution in [2.45, 2.75) is 37.9 Å². The van der Waals surface area contributed by atoms with E-state index in [1.54, 1.807) is 30.0 Å². The minimum atomic E-state index is -4.25. The van der Waals surface area contributed by atoms with E-state index in [2.05, 4.69) is 11.6 Å². The maximum absolute atomic E-state index is 13.0. The lowest BCUT2D eigenvalue weighted by Gasteiger charge is -2.22. The molecule has 1 aromatic carbocycles. The van der Waals surface area contributed by atoms with E-state index in [1.807, 2.05) is 0 Å². The van der Waals surface area contributed by atoms with E-state index in [-0.39, 0.29) is 5.56 Å². The highest BCUT2D eigenvalue weighted by Gasteiger charge is 2.40. The molecular weight excluding hydrogens is 283 g/mol. The van der Waals surface area contributed by atoms with Gasteiger partial charge < -0.3 is 5.32 Å². The summed E-state index contributed by atoms with van der Waals surface area (Å²) in [7, 11) is 0. The molecule has 0 bridgehead atoms. The Balaban J connectivity index is 2.36. The van der Waals surface area contributed by atoms with Gasteiger partial charge in [-0.2, -0.15) is 24.9 Å². The van der Waals surface area contributed by atoms with Crippen molar-refractivity contribution in [3.8, 4) is 0 Å². The summed E-state index contributed by atoms with van der Waals surface area (Å²) in [4.78, 5) is 0. The van der Waals surface area contributed by atoms with Crippen molar-refractivity contribution in [3.05, 3.63) is 35.9 Å². The molecule has 0 aliphatic heterocycles. The molecule has 0 spiro atoms. The van der Waals surface area contributed by atoms with Gasteiger partial charge in [0.25, 0.3) is 0 Å². The number of rotatable bonds is 9. The Morgan fingerprint density at radius 2 is 1.70 bits per heavy atom. The summed E-state index contributed by atoms with van der Waals surface area (Å²) >= 11 is 1.81. The van der Waals surface area contributed by atoms with Crippen LogP contribution in [-0.2, 0) is 0 Å². The van der Waals surface area contributed by atoms with E-state index >= 15 is 0 Å². The summed E-state index contributed by atoms with van der Waals surface area (Å²) < 4.78 is 39.0. The van der Waals surface area contributed by atoms with Crippen molar-refractivity contribution in [1.29, 1.82) is 0 Å². The van der Waals surface area contributed by atoms with Crippen molar-refractivity contribution in [2.24, 2.45) is 0 Å². The monoisotopic (exact) mass is 305 g/mol. The van der Waals surface area contributed by atoms with Gasteiger partial charge in [0.15, 0.2) is 0 Å². The van der Waals surface area contributed by atoms with Crippen LogP contribution in [0.1, 0.15) is 37.3 Å². The maximum Gasteiger partial charge on any atom is 0.407 e. The first-order valence-corrected chi connectivity index (χ1v) is 8.29. The van der Waals surface area contributed by atoms with Crippen LogP contribution in [0.5, 0.6) is 0 Å². The predicted octanol–water partition coefficient (Wildman–Crippen LogP) is 4.80. The SMILES string of the molecule is CSCCCCCCNC(c1ccccc1)C(F)(F)F. The largest absolute Gasteiger partial charge is 0.407 e. The molecule has 1 nitrogen and oxygen atoms in total. The highest BCUT2D eigenvalue weighted by molar-refractivity contribution is 7.98. The third kappa shape index (κ3) is 6.66. The first-order chi connectivity index (χ1) is 9.55. The summed E-state index contributed by atoms with van der Waals surface area (Å²) in [6, 6.07) is 6.47. The molecule has 0 saturated heterocycles. The van der Waals surface area contributed by atoms with Crippen LogP contribution < -0.4 is 5.32 Å². The Morgan fingerprint density at radius 3 is 2.30 bits per heavy atom. The third-order valence-corrected chi connectivity index (χ3v) is 3.78. The van der Waals surface area contributed by atoms with E-state index in [0.29, 0.717) is 6.54 Å². The number of hydrogen-bond donors (Lipinski definition) is 1. The molecule has 0 aromatic heterocycles. The van der Waals surface area contributed by atoms with Gasteiger partial charge >= 0.3 is 6.18 Å². The Hall–Kier alpha value is -0.680. The zero-order chi connectivity index (χ0) is 14.8. The zero-order valence-electron chi connectivity index (χ0n) is 11.7. The molecule has 1 rings (SSSR count). The zero-order valence-corrected chi connectivity index (χ0v) is 12.6. The van der Waals surface area contributed by atoms with E-state index in [1.165, 1.54) is 12.1 Å². The number of halogens is 3. The minimum absolute atomic E-state index is 0.280. The van der Waals surface area contributed by atoms with Gasteiger partial charge in [-0.05, 0) is 37.0 Å². The maximum atomic E-state index is 13.0. The Bertz CT molecular complexity index is 354. The normalized spacial score (nSPS) is 13.4. The average Bonchev–Trinajstić information content (AvgIpc) is 2.41. The van der Waals surface area contributed by atoms with Crippen molar-refractivity contribution >= 4 is 11.8 Å². The van der Waals surface area contributed by atoms with Crippen molar-refractivity contribution < 1.29 is 13.2 Å². The molecule has 20 heavy (non-hydrogen) atoms. The summed E-state index contributed by atoms with van der Waals surface area (Å²) in [5.41, 5.74) is 0.280. The fourth-order valence-corrected chi connectivity index (χ4v) is 2.53. The molecule has 0 amide bonds. The molecule has 0 heterocycles. The van der Waals surface area contributed by atoms with Crippen LogP contribution in [0.4, 0.5) is 13.2 Å².